The third kappa shape index (κ3) is 4.66. The third-order valence-electron chi connectivity index (χ3n) is 4.98. The molecule has 33 heavy (non-hydrogen) atoms. The maximum Gasteiger partial charge on any atom is 0.306 e. The van der Waals surface area contributed by atoms with E-state index in [1.165, 1.54) is 22.9 Å². The number of carbonyl (C=O) groups is 1. The van der Waals surface area contributed by atoms with Crippen molar-refractivity contribution < 1.29 is 23.2 Å². The molecule has 1 N–H and O–H groups in total. The normalized spacial score (nSPS) is 12.9. The van der Waals surface area contributed by atoms with Crippen molar-refractivity contribution in [1.29, 1.82) is 0 Å². The summed E-state index contributed by atoms with van der Waals surface area (Å²) >= 11 is 18.8. The maximum absolute atomic E-state index is 13.7. The van der Waals surface area contributed by atoms with E-state index in [2.05, 4.69) is 15.1 Å². The van der Waals surface area contributed by atoms with E-state index in [1.807, 2.05) is 0 Å². The minimum absolute atomic E-state index is 0.0188. The average molecular weight is 516 g/mol. The molecule has 3 heterocycles. The highest BCUT2D eigenvalue weighted by Gasteiger charge is 2.27. The number of carboxylic acids is 1. The van der Waals surface area contributed by atoms with E-state index >= 15 is 0 Å². The zero-order valence-corrected chi connectivity index (χ0v) is 19.4. The van der Waals surface area contributed by atoms with E-state index in [9.17, 15) is 13.6 Å². The molecular weight excluding hydrogens is 501 g/mol. The number of pyridine rings is 1. The SMILES string of the molecule is CC(Cc1cc(Cl)c(-c2noc(-c3cn4cc(C(C)(F)F)cc(Cl)c4n3)n2)cc1Cl)C(=O)O. The van der Waals surface area contributed by atoms with Crippen molar-refractivity contribution in [2.75, 3.05) is 0 Å². The van der Waals surface area contributed by atoms with Crippen LogP contribution in [0.25, 0.3) is 28.6 Å². The summed E-state index contributed by atoms with van der Waals surface area (Å²) in [5.74, 6) is -4.53. The average Bonchev–Trinajstić information content (AvgIpc) is 3.37. The molecule has 172 valence electrons. The third-order valence-corrected chi connectivity index (χ3v) is 5.93. The van der Waals surface area contributed by atoms with Gasteiger partial charge < -0.3 is 14.0 Å². The number of benzene rings is 1. The van der Waals surface area contributed by atoms with Gasteiger partial charge in [0, 0.05) is 35.5 Å². The standard InChI is InChI=1S/C21H15Cl3F2N4O3/c1-9(20(31)32)3-10-4-14(23)12(6-13(10)22)17-28-19(33-29-17)16-8-30-7-11(21(2,25)26)5-15(24)18(30)27-16/h4-9H,3H2,1-2H3,(H,31,32). The van der Waals surface area contributed by atoms with Gasteiger partial charge in [0.15, 0.2) is 5.65 Å². The van der Waals surface area contributed by atoms with Gasteiger partial charge in [0.2, 0.25) is 5.82 Å². The Morgan fingerprint density at radius 3 is 2.55 bits per heavy atom. The zero-order valence-electron chi connectivity index (χ0n) is 17.1. The van der Waals surface area contributed by atoms with E-state index in [4.69, 9.17) is 44.4 Å². The fourth-order valence-electron chi connectivity index (χ4n) is 3.17. The van der Waals surface area contributed by atoms with Gasteiger partial charge in [0.25, 0.3) is 11.8 Å². The second-order valence-corrected chi connectivity index (χ2v) is 8.83. The molecule has 0 amide bonds. The summed E-state index contributed by atoms with van der Waals surface area (Å²) in [6, 6.07) is 4.24. The van der Waals surface area contributed by atoms with Crippen LogP contribution < -0.4 is 0 Å². The van der Waals surface area contributed by atoms with Crippen molar-refractivity contribution in [2.45, 2.75) is 26.2 Å². The molecule has 3 aromatic heterocycles. The number of imidazole rings is 1. The number of aromatic nitrogens is 4. The zero-order chi connectivity index (χ0) is 24.1. The molecule has 0 saturated heterocycles. The first-order valence-corrected chi connectivity index (χ1v) is 10.7. The van der Waals surface area contributed by atoms with E-state index < -0.39 is 17.8 Å². The summed E-state index contributed by atoms with van der Waals surface area (Å²) in [4.78, 5) is 19.7. The number of hydrogen-bond donors (Lipinski definition) is 1. The fraction of sp³-hybridized carbons (Fsp3) is 0.238. The van der Waals surface area contributed by atoms with Gasteiger partial charge in [-0.05, 0) is 30.2 Å². The number of hydrogen-bond acceptors (Lipinski definition) is 5. The van der Waals surface area contributed by atoms with Crippen LogP contribution in [-0.4, -0.2) is 30.6 Å². The molecule has 1 aromatic carbocycles. The lowest BCUT2D eigenvalue weighted by Crippen LogP contribution is -2.12. The van der Waals surface area contributed by atoms with Crippen LogP contribution in [0.5, 0.6) is 0 Å². The monoisotopic (exact) mass is 514 g/mol. The Hall–Kier alpha value is -2.75. The van der Waals surface area contributed by atoms with Crippen molar-refractivity contribution in [3.05, 3.63) is 56.8 Å². The molecule has 0 bridgehead atoms. The molecule has 4 rings (SSSR count). The lowest BCUT2D eigenvalue weighted by molar-refractivity contribution is -0.141. The van der Waals surface area contributed by atoms with Gasteiger partial charge in [0.05, 0.1) is 16.0 Å². The number of carboxylic acid groups (broad SMARTS) is 1. The highest BCUT2D eigenvalue weighted by Crippen LogP contribution is 2.35. The number of halogens is 5. The molecule has 0 spiro atoms. The molecule has 0 aliphatic carbocycles. The van der Waals surface area contributed by atoms with Crippen LogP contribution in [0, 0.1) is 5.92 Å². The predicted molar refractivity (Wildman–Crippen MR) is 119 cm³/mol. The van der Waals surface area contributed by atoms with Gasteiger partial charge in [-0.2, -0.15) is 4.98 Å². The van der Waals surface area contributed by atoms with Gasteiger partial charge in [-0.15, -0.1) is 0 Å². The largest absolute Gasteiger partial charge is 0.481 e. The van der Waals surface area contributed by atoms with Crippen LogP contribution in [-0.2, 0) is 17.1 Å². The summed E-state index contributed by atoms with van der Waals surface area (Å²) < 4.78 is 34.1. The van der Waals surface area contributed by atoms with E-state index in [1.54, 1.807) is 13.0 Å². The van der Waals surface area contributed by atoms with Gasteiger partial charge in [-0.1, -0.05) is 46.9 Å². The lowest BCUT2D eigenvalue weighted by Gasteiger charge is -2.11. The molecule has 4 aromatic rings. The summed E-state index contributed by atoms with van der Waals surface area (Å²) in [6.07, 6.45) is 2.87. The quantitative estimate of drug-likeness (QED) is 0.320. The molecule has 1 atom stereocenters. The van der Waals surface area contributed by atoms with Crippen LogP contribution in [0.4, 0.5) is 8.78 Å². The van der Waals surface area contributed by atoms with Crippen LogP contribution in [0.1, 0.15) is 25.0 Å². The molecule has 7 nitrogen and oxygen atoms in total. The second kappa shape index (κ2) is 8.55. The highest BCUT2D eigenvalue weighted by molar-refractivity contribution is 6.35. The van der Waals surface area contributed by atoms with Crippen LogP contribution in [0.3, 0.4) is 0 Å². The Balaban J connectivity index is 1.68. The Bertz CT molecular complexity index is 1380. The van der Waals surface area contributed by atoms with Crippen molar-refractivity contribution in [2.24, 2.45) is 5.92 Å². The van der Waals surface area contributed by atoms with Gasteiger partial charge in [-0.3, -0.25) is 4.79 Å². The Morgan fingerprint density at radius 1 is 1.15 bits per heavy atom. The molecule has 0 saturated carbocycles. The summed E-state index contributed by atoms with van der Waals surface area (Å²) in [5, 5.41) is 13.6. The Kier molecular flexibility index (Phi) is 6.07. The lowest BCUT2D eigenvalue weighted by atomic mass is 10.00. The molecule has 0 aliphatic heterocycles. The first-order valence-electron chi connectivity index (χ1n) is 9.55. The first kappa shape index (κ1) is 23.4. The minimum atomic E-state index is -3.08. The smallest absolute Gasteiger partial charge is 0.306 e. The molecular formula is C21H15Cl3F2N4O3. The maximum atomic E-state index is 13.7. The van der Waals surface area contributed by atoms with Gasteiger partial charge in [0.1, 0.15) is 5.69 Å². The number of rotatable bonds is 6. The summed E-state index contributed by atoms with van der Waals surface area (Å²) in [5.41, 5.74) is 1.15. The minimum Gasteiger partial charge on any atom is -0.481 e. The van der Waals surface area contributed by atoms with Gasteiger partial charge in [-0.25, -0.2) is 13.8 Å². The molecule has 0 aliphatic rings. The molecule has 0 radical (unpaired) electrons. The highest BCUT2D eigenvalue weighted by atomic mass is 35.5. The number of aliphatic carboxylic acids is 1. The molecule has 12 heteroatoms. The van der Waals surface area contributed by atoms with E-state index in [0.717, 1.165) is 13.0 Å². The fourth-order valence-corrected chi connectivity index (χ4v) is 3.94. The first-order chi connectivity index (χ1) is 15.4. The Morgan fingerprint density at radius 2 is 1.88 bits per heavy atom. The summed E-state index contributed by atoms with van der Waals surface area (Å²) in [7, 11) is 0. The number of fused-ring (bicyclic) bond motifs is 1. The number of nitrogens with zero attached hydrogens (tertiary/aromatic N) is 4. The summed E-state index contributed by atoms with van der Waals surface area (Å²) in [6.45, 7) is 2.34. The van der Waals surface area contributed by atoms with E-state index in [0.29, 0.717) is 16.1 Å². The van der Waals surface area contributed by atoms with Crippen molar-refractivity contribution >= 4 is 46.4 Å². The molecule has 0 fully saturated rings. The molecule has 1 unspecified atom stereocenters. The predicted octanol–water partition coefficient (Wildman–Crippen LogP) is 6.39. The second-order valence-electron chi connectivity index (χ2n) is 7.61. The Labute approximate surface area is 200 Å². The van der Waals surface area contributed by atoms with Crippen LogP contribution >= 0.6 is 34.8 Å². The van der Waals surface area contributed by atoms with Crippen molar-refractivity contribution in [3.63, 3.8) is 0 Å². The van der Waals surface area contributed by atoms with E-state index in [-0.39, 0.29) is 45.1 Å². The van der Waals surface area contributed by atoms with Crippen molar-refractivity contribution in [1.82, 2.24) is 19.5 Å². The van der Waals surface area contributed by atoms with Crippen LogP contribution in [0.2, 0.25) is 15.1 Å². The topological polar surface area (TPSA) is 93.5 Å². The van der Waals surface area contributed by atoms with Crippen molar-refractivity contribution in [3.8, 4) is 23.0 Å². The van der Waals surface area contributed by atoms with Gasteiger partial charge >= 0.3 is 5.97 Å². The number of alkyl halides is 2. The van der Waals surface area contributed by atoms with Crippen LogP contribution in [0.15, 0.2) is 35.1 Å².